The van der Waals surface area contributed by atoms with Crippen LogP contribution >= 0.6 is 0 Å². The highest BCUT2D eigenvalue weighted by Crippen LogP contribution is 2.19. The van der Waals surface area contributed by atoms with Gasteiger partial charge >= 0.3 is 0 Å². The first kappa shape index (κ1) is 12.6. The number of aryl methyl sites for hydroxylation is 1. The Hall–Kier alpha value is -2.42. The molecule has 100 valence electrons. The minimum atomic E-state index is -0.214. The lowest BCUT2D eigenvalue weighted by Gasteiger charge is -2.08. The van der Waals surface area contributed by atoms with Gasteiger partial charge in [0.25, 0.3) is 0 Å². The zero-order valence-electron chi connectivity index (χ0n) is 11.1. The minimum absolute atomic E-state index is 0.214. The van der Waals surface area contributed by atoms with E-state index in [-0.39, 0.29) is 5.82 Å². The number of ether oxygens (including phenoxy) is 1. The molecule has 1 aromatic heterocycles. The van der Waals surface area contributed by atoms with Crippen LogP contribution in [-0.2, 0) is 6.61 Å². The number of nitrogens with zero attached hydrogens (tertiary/aromatic N) is 1. The summed E-state index contributed by atoms with van der Waals surface area (Å²) in [5, 5.41) is 1.09. The van der Waals surface area contributed by atoms with Crippen molar-refractivity contribution < 1.29 is 9.13 Å². The van der Waals surface area contributed by atoms with Gasteiger partial charge in [-0.3, -0.25) is 4.98 Å². The molecular weight excluding hydrogens is 253 g/mol. The van der Waals surface area contributed by atoms with E-state index < -0.39 is 0 Å². The summed E-state index contributed by atoms with van der Waals surface area (Å²) in [6, 6.07) is 14.7. The molecule has 0 aliphatic carbocycles. The maximum atomic E-state index is 13.2. The van der Waals surface area contributed by atoms with Gasteiger partial charge in [-0.15, -0.1) is 0 Å². The Morgan fingerprint density at radius 3 is 2.85 bits per heavy atom. The third-order valence-electron chi connectivity index (χ3n) is 3.20. The highest BCUT2D eigenvalue weighted by Gasteiger charge is 2.01. The number of pyridine rings is 1. The van der Waals surface area contributed by atoms with E-state index in [1.54, 1.807) is 25.3 Å². The van der Waals surface area contributed by atoms with Crippen molar-refractivity contribution in [2.75, 3.05) is 0 Å². The average Bonchev–Trinajstić information content (AvgIpc) is 2.48. The summed E-state index contributed by atoms with van der Waals surface area (Å²) < 4.78 is 18.9. The zero-order valence-corrected chi connectivity index (χ0v) is 11.1. The van der Waals surface area contributed by atoms with E-state index in [1.165, 1.54) is 6.07 Å². The van der Waals surface area contributed by atoms with E-state index in [0.717, 1.165) is 16.5 Å². The molecule has 0 amide bonds. The molecule has 1 heterocycles. The predicted molar refractivity (Wildman–Crippen MR) is 77.2 cm³/mol. The summed E-state index contributed by atoms with van der Waals surface area (Å²) in [6.07, 6.45) is 1.78. The molecule has 0 unspecified atom stereocenters. The van der Waals surface area contributed by atoms with Crippen LogP contribution in [0.5, 0.6) is 5.75 Å². The third-order valence-corrected chi connectivity index (χ3v) is 3.20. The van der Waals surface area contributed by atoms with Crippen LogP contribution in [-0.4, -0.2) is 4.98 Å². The van der Waals surface area contributed by atoms with E-state index in [4.69, 9.17) is 4.74 Å². The van der Waals surface area contributed by atoms with Crippen molar-refractivity contribution in [1.29, 1.82) is 0 Å². The van der Waals surface area contributed by atoms with Crippen molar-refractivity contribution in [2.24, 2.45) is 0 Å². The first-order valence-corrected chi connectivity index (χ1v) is 6.45. The molecule has 0 aliphatic rings. The Bertz CT molecular complexity index is 755. The molecule has 0 bridgehead atoms. The smallest absolute Gasteiger partial charge is 0.126 e. The molecule has 3 heteroatoms. The van der Waals surface area contributed by atoms with Gasteiger partial charge < -0.3 is 4.74 Å². The van der Waals surface area contributed by atoms with Crippen molar-refractivity contribution in [3.05, 3.63) is 71.7 Å². The van der Waals surface area contributed by atoms with Gasteiger partial charge in [-0.05, 0) is 54.4 Å². The molecule has 2 aromatic carbocycles. The fourth-order valence-electron chi connectivity index (χ4n) is 2.09. The topological polar surface area (TPSA) is 22.1 Å². The summed E-state index contributed by atoms with van der Waals surface area (Å²) in [4.78, 5) is 4.28. The maximum absolute atomic E-state index is 13.2. The highest BCUT2D eigenvalue weighted by molar-refractivity contribution is 5.78. The first-order chi connectivity index (χ1) is 9.72. The average molecular weight is 267 g/mol. The quantitative estimate of drug-likeness (QED) is 0.707. The summed E-state index contributed by atoms with van der Waals surface area (Å²) in [5.41, 5.74) is 2.62. The van der Waals surface area contributed by atoms with E-state index in [0.29, 0.717) is 17.9 Å². The SMILES string of the molecule is Cc1cc(OCc2ccc3ncccc3c2)ccc1F. The lowest BCUT2D eigenvalue weighted by Crippen LogP contribution is -1.96. The highest BCUT2D eigenvalue weighted by atomic mass is 19.1. The molecular formula is C17H14FNO. The molecule has 20 heavy (non-hydrogen) atoms. The van der Waals surface area contributed by atoms with Crippen LogP contribution in [0.4, 0.5) is 4.39 Å². The van der Waals surface area contributed by atoms with Gasteiger partial charge in [-0.2, -0.15) is 0 Å². The summed E-state index contributed by atoms with van der Waals surface area (Å²) in [6.45, 7) is 2.18. The molecule has 2 nitrogen and oxygen atoms in total. The monoisotopic (exact) mass is 267 g/mol. The second-order valence-electron chi connectivity index (χ2n) is 4.73. The normalized spacial score (nSPS) is 10.7. The molecule has 0 atom stereocenters. The number of halogens is 1. The van der Waals surface area contributed by atoms with E-state index in [1.807, 2.05) is 24.3 Å². The van der Waals surface area contributed by atoms with Crippen LogP contribution in [0, 0.1) is 12.7 Å². The van der Waals surface area contributed by atoms with Crippen LogP contribution in [0.15, 0.2) is 54.7 Å². The Balaban J connectivity index is 1.77. The number of rotatable bonds is 3. The number of hydrogen-bond acceptors (Lipinski definition) is 2. The van der Waals surface area contributed by atoms with Crippen LogP contribution in [0.25, 0.3) is 10.9 Å². The minimum Gasteiger partial charge on any atom is -0.489 e. The van der Waals surface area contributed by atoms with Gasteiger partial charge in [-0.25, -0.2) is 4.39 Å². The lowest BCUT2D eigenvalue weighted by molar-refractivity contribution is 0.305. The van der Waals surface area contributed by atoms with E-state index in [9.17, 15) is 4.39 Å². The fraction of sp³-hybridized carbons (Fsp3) is 0.118. The summed E-state index contributed by atoms with van der Waals surface area (Å²) in [5.74, 6) is 0.462. The number of hydrogen-bond donors (Lipinski definition) is 0. The Morgan fingerprint density at radius 1 is 1.10 bits per heavy atom. The summed E-state index contributed by atoms with van der Waals surface area (Å²) >= 11 is 0. The van der Waals surface area contributed by atoms with E-state index in [2.05, 4.69) is 11.1 Å². The Labute approximate surface area is 116 Å². The molecule has 0 saturated heterocycles. The molecule has 0 N–H and O–H groups in total. The molecule has 0 saturated carbocycles. The Morgan fingerprint density at radius 2 is 2.00 bits per heavy atom. The first-order valence-electron chi connectivity index (χ1n) is 6.45. The molecule has 0 radical (unpaired) electrons. The van der Waals surface area contributed by atoms with Crippen LogP contribution in [0.2, 0.25) is 0 Å². The van der Waals surface area contributed by atoms with Gasteiger partial charge in [0.15, 0.2) is 0 Å². The number of benzene rings is 2. The molecule has 0 aliphatic heterocycles. The van der Waals surface area contributed by atoms with Crippen molar-refractivity contribution in [3.63, 3.8) is 0 Å². The van der Waals surface area contributed by atoms with Crippen molar-refractivity contribution in [2.45, 2.75) is 13.5 Å². The second-order valence-corrected chi connectivity index (χ2v) is 4.73. The van der Waals surface area contributed by atoms with Crippen LogP contribution in [0.3, 0.4) is 0 Å². The lowest BCUT2D eigenvalue weighted by atomic mass is 10.1. The van der Waals surface area contributed by atoms with Gasteiger partial charge in [0.1, 0.15) is 18.2 Å². The van der Waals surface area contributed by atoms with E-state index >= 15 is 0 Å². The molecule has 0 spiro atoms. The predicted octanol–water partition coefficient (Wildman–Crippen LogP) is 4.26. The number of fused-ring (bicyclic) bond motifs is 1. The fourth-order valence-corrected chi connectivity index (χ4v) is 2.09. The van der Waals surface area contributed by atoms with Crippen molar-refractivity contribution in [3.8, 4) is 5.75 Å². The maximum Gasteiger partial charge on any atom is 0.126 e. The largest absolute Gasteiger partial charge is 0.489 e. The van der Waals surface area contributed by atoms with Crippen LogP contribution in [0.1, 0.15) is 11.1 Å². The number of aromatic nitrogens is 1. The second kappa shape index (κ2) is 5.29. The Kier molecular flexibility index (Phi) is 3.33. The van der Waals surface area contributed by atoms with Crippen LogP contribution < -0.4 is 4.74 Å². The standard InChI is InChI=1S/C17H14FNO/c1-12-9-15(5-6-16(12)18)20-11-13-4-7-17-14(10-13)3-2-8-19-17/h2-10H,11H2,1H3. The van der Waals surface area contributed by atoms with Gasteiger partial charge in [-0.1, -0.05) is 12.1 Å². The van der Waals surface area contributed by atoms with Gasteiger partial charge in [0, 0.05) is 11.6 Å². The summed E-state index contributed by atoms with van der Waals surface area (Å²) in [7, 11) is 0. The van der Waals surface area contributed by atoms with Crippen molar-refractivity contribution in [1.82, 2.24) is 4.98 Å². The zero-order chi connectivity index (χ0) is 13.9. The molecule has 0 fully saturated rings. The molecule has 3 rings (SSSR count). The van der Waals surface area contributed by atoms with Gasteiger partial charge in [0.05, 0.1) is 5.52 Å². The molecule has 3 aromatic rings. The van der Waals surface area contributed by atoms with Gasteiger partial charge in [0.2, 0.25) is 0 Å². The van der Waals surface area contributed by atoms with Crippen molar-refractivity contribution >= 4 is 10.9 Å². The third kappa shape index (κ3) is 2.62.